The molecule has 3 rings (SSSR count). The maximum absolute atomic E-state index is 12.5. The lowest BCUT2D eigenvalue weighted by molar-refractivity contribution is -0.0512. The maximum atomic E-state index is 12.5. The van der Waals surface area contributed by atoms with E-state index in [-0.39, 0.29) is 11.5 Å². The van der Waals surface area contributed by atoms with E-state index in [0.717, 1.165) is 5.56 Å². The molecule has 3 aromatic rings. The molecule has 6 nitrogen and oxygen atoms in total. The topological polar surface area (TPSA) is 61.5 Å². The second kappa shape index (κ2) is 7.52. The minimum Gasteiger partial charge on any atom is -0.493 e. The van der Waals surface area contributed by atoms with Gasteiger partial charge in [-0.2, -0.15) is 18.6 Å². The molecule has 0 aliphatic heterocycles. The van der Waals surface area contributed by atoms with Gasteiger partial charge in [0, 0.05) is 5.56 Å². The molecule has 0 saturated carbocycles. The van der Waals surface area contributed by atoms with Crippen molar-refractivity contribution in [1.29, 1.82) is 0 Å². The number of methoxy groups -OCH3 is 1. The molecule has 8 heteroatoms. The standard InChI is InChI=1S/C17H14F2N4O2/c1-24-14-8-7-12(9-15(14)25-17(18)19)10-21-23-11-20-22-16(23)13-5-3-2-4-6-13/h2-11,17H,1H3/b21-10-. The van der Waals surface area contributed by atoms with Crippen LogP contribution < -0.4 is 9.47 Å². The molecule has 0 saturated heterocycles. The van der Waals surface area contributed by atoms with Gasteiger partial charge in [-0.05, 0) is 23.8 Å². The van der Waals surface area contributed by atoms with E-state index in [4.69, 9.17) is 4.74 Å². The first-order valence-corrected chi connectivity index (χ1v) is 7.30. The van der Waals surface area contributed by atoms with E-state index >= 15 is 0 Å². The van der Waals surface area contributed by atoms with Crippen LogP contribution in [0.1, 0.15) is 5.56 Å². The summed E-state index contributed by atoms with van der Waals surface area (Å²) in [7, 11) is 1.38. The van der Waals surface area contributed by atoms with E-state index in [1.807, 2.05) is 30.3 Å². The van der Waals surface area contributed by atoms with E-state index < -0.39 is 6.61 Å². The van der Waals surface area contributed by atoms with Crippen molar-refractivity contribution in [3.63, 3.8) is 0 Å². The van der Waals surface area contributed by atoms with Crippen molar-refractivity contribution in [1.82, 2.24) is 14.9 Å². The van der Waals surface area contributed by atoms with Crippen molar-refractivity contribution in [2.75, 3.05) is 7.11 Å². The van der Waals surface area contributed by atoms with E-state index in [0.29, 0.717) is 11.4 Å². The number of rotatable bonds is 6. The summed E-state index contributed by atoms with van der Waals surface area (Å²) >= 11 is 0. The highest BCUT2D eigenvalue weighted by Crippen LogP contribution is 2.29. The largest absolute Gasteiger partial charge is 0.493 e. The summed E-state index contributed by atoms with van der Waals surface area (Å²) in [5.41, 5.74) is 1.41. The van der Waals surface area contributed by atoms with Crippen LogP contribution in [0.4, 0.5) is 8.78 Å². The van der Waals surface area contributed by atoms with E-state index in [2.05, 4.69) is 20.0 Å². The summed E-state index contributed by atoms with van der Waals surface area (Å²) < 4.78 is 35.9. The lowest BCUT2D eigenvalue weighted by Crippen LogP contribution is -2.04. The molecule has 0 aliphatic rings. The molecular formula is C17H14F2N4O2. The second-order valence-corrected chi connectivity index (χ2v) is 4.90. The number of nitrogens with zero attached hydrogens (tertiary/aromatic N) is 4. The van der Waals surface area contributed by atoms with Crippen LogP contribution in [-0.2, 0) is 0 Å². The zero-order chi connectivity index (χ0) is 17.6. The van der Waals surface area contributed by atoms with Crippen LogP contribution in [0.25, 0.3) is 11.4 Å². The Morgan fingerprint density at radius 3 is 2.64 bits per heavy atom. The molecule has 0 aliphatic carbocycles. The first-order valence-electron chi connectivity index (χ1n) is 7.30. The van der Waals surface area contributed by atoms with Gasteiger partial charge in [0.05, 0.1) is 13.3 Å². The highest BCUT2D eigenvalue weighted by Gasteiger charge is 2.11. The van der Waals surface area contributed by atoms with Crippen LogP contribution in [0.15, 0.2) is 60.0 Å². The van der Waals surface area contributed by atoms with Crippen molar-refractivity contribution in [2.24, 2.45) is 5.10 Å². The molecular weight excluding hydrogens is 330 g/mol. The van der Waals surface area contributed by atoms with Crippen LogP contribution in [0.2, 0.25) is 0 Å². The lowest BCUT2D eigenvalue weighted by Gasteiger charge is -2.10. The van der Waals surface area contributed by atoms with Crippen LogP contribution in [0.5, 0.6) is 11.5 Å². The SMILES string of the molecule is COc1ccc(/C=N\n2cnnc2-c2ccccc2)cc1OC(F)F. The third-order valence-corrected chi connectivity index (χ3v) is 3.30. The average Bonchev–Trinajstić information content (AvgIpc) is 3.09. The molecule has 0 radical (unpaired) electrons. The quantitative estimate of drug-likeness (QED) is 0.643. The monoisotopic (exact) mass is 344 g/mol. The fourth-order valence-electron chi connectivity index (χ4n) is 2.18. The molecule has 25 heavy (non-hydrogen) atoms. The van der Waals surface area contributed by atoms with Gasteiger partial charge >= 0.3 is 6.61 Å². The first kappa shape index (κ1) is 16.6. The molecule has 0 spiro atoms. The van der Waals surface area contributed by atoms with Crippen molar-refractivity contribution >= 4 is 6.21 Å². The fourth-order valence-corrected chi connectivity index (χ4v) is 2.18. The van der Waals surface area contributed by atoms with E-state index in [1.54, 1.807) is 6.07 Å². The Balaban J connectivity index is 1.87. The molecule has 0 amide bonds. The molecule has 0 fully saturated rings. The minimum absolute atomic E-state index is 0.0616. The van der Waals surface area contributed by atoms with E-state index in [9.17, 15) is 8.78 Å². The number of ether oxygens (including phenoxy) is 2. The molecule has 0 N–H and O–H groups in total. The Morgan fingerprint density at radius 1 is 1.12 bits per heavy atom. The Kier molecular flexibility index (Phi) is 4.98. The number of halogens is 2. The lowest BCUT2D eigenvalue weighted by atomic mass is 10.2. The van der Waals surface area contributed by atoms with Crippen molar-refractivity contribution in [3.8, 4) is 22.9 Å². The molecule has 1 aromatic heterocycles. The predicted octanol–water partition coefficient (Wildman–Crippen LogP) is 3.44. The second-order valence-electron chi connectivity index (χ2n) is 4.90. The summed E-state index contributed by atoms with van der Waals surface area (Å²) in [6.07, 6.45) is 2.95. The number of alkyl halides is 2. The van der Waals surface area contributed by atoms with Gasteiger partial charge in [0.15, 0.2) is 17.3 Å². The molecule has 0 atom stereocenters. The van der Waals surface area contributed by atoms with Gasteiger partial charge < -0.3 is 9.47 Å². The normalized spacial score (nSPS) is 11.2. The fraction of sp³-hybridized carbons (Fsp3) is 0.118. The summed E-state index contributed by atoms with van der Waals surface area (Å²) in [5, 5.41) is 12.2. The van der Waals surface area contributed by atoms with Gasteiger partial charge in [0.1, 0.15) is 6.33 Å². The Bertz CT molecular complexity index is 866. The van der Waals surface area contributed by atoms with Gasteiger partial charge in [0.2, 0.25) is 0 Å². The third-order valence-electron chi connectivity index (χ3n) is 3.30. The van der Waals surface area contributed by atoms with Gasteiger partial charge in [-0.3, -0.25) is 0 Å². The van der Waals surface area contributed by atoms with Gasteiger partial charge in [-0.15, -0.1) is 10.2 Å². The third kappa shape index (κ3) is 3.97. The minimum atomic E-state index is -2.94. The molecule has 2 aromatic carbocycles. The van der Waals surface area contributed by atoms with Gasteiger partial charge in [-0.1, -0.05) is 30.3 Å². The molecule has 1 heterocycles. The molecule has 128 valence electrons. The van der Waals surface area contributed by atoms with Crippen molar-refractivity contribution in [3.05, 3.63) is 60.4 Å². The highest BCUT2D eigenvalue weighted by molar-refractivity contribution is 5.81. The zero-order valence-electron chi connectivity index (χ0n) is 13.2. The Hall–Kier alpha value is -3.29. The maximum Gasteiger partial charge on any atom is 0.387 e. The number of benzene rings is 2. The van der Waals surface area contributed by atoms with Gasteiger partial charge in [-0.25, -0.2) is 0 Å². The van der Waals surface area contributed by atoms with Gasteiger partial charge in [0.25, 0.3) is 0 Å². The Morgan fingerprint density at radius 2 is 1.92 bits per heavy atom. The van der Waals surface area contributed by atoms with E-state index in [1.165, 1.54) is 36.5 Å². The number of hydrogen-bond acceptors (Lipinski definition) is 5. The number of hydrogen-bond donors (Lipinski definition) is 0. The van der Waals surface area contributed by atoms with Crippen LogP contribution in [0.3, 0.4) is 0 Å². The average molecular weight is 344 g/mol. The zero-order valence-corrected chi connectivity index (χ0v) is 13.2. The molecule has 0 bridgehead atoms. The predicted molar refractivity (Wildman–Crippen MR) is 88.1 cm³/mol. The van der Waals surface area contributed by atoms with Crippen LogP contribution in [0, 0.1) is 0 Å². The Labute approximate surface area is 142 Å². The van der Waals surface area contributed by atoms with Crippen LogP contribution in [-0.4, -0.2) is 34.8 Å². The summed E-state index contributed by atoms with van der Waals surface area (Å²) in [5.74, 6) is 0.717. The highest BCUT2D eigenvalue weighted by atomic mass is 19.3. The van der Waals surface area contributed by atoms with Crippen molar-refractivity contribution < 1.29 is 18.3 Å². The smallest absolute Gasteiger partial charge is 0.387 e. The first-order chi connectivity index (χ1) is 12.2. The summed E-state index contributed by atoms with van der Waals surface area (Å²) in [4.78, 5) is 0. The molecule has 0 unspecified atom stereocenters. The number of aromatic nitrogens is 3. The summed E-state index contributed by atoms with van der Waals surface area (Å²) in [6.45, 7) is -2.94. The van der Waals surface area contributed by atoms with Crippen LogP contribution >= 0.6 is 0 Å². The van der Waals surface area contributed by atoms with Crippen molar-refractivity contribution in [2.45, 2.75) is 6.61 Å². The summed E-state index contributed by atoms with van der Waals surface area (Å²) in [6, 6.07) is 14.1.